The van der Waals surface area contributed by atoms with Crippen molar-refractivity contribution in [2.24, 2.45) is 0 Å². The predicted molar refractivity (Wildman–Crippen MR) is 53.6 cm³/mol. The maximum atomic E-state index is 10.7. The fraction of sp³-hybridized carbons (Fsp3) is 0.333. The average Bonchev–Trinajstić information content (AvgIpc) is 2.20. The molecule has 0 aromatic carbocycles. The van der Waals surface area contributed by atoms with Crippen molar-refractivity contribution in [3.8, 4) is 5.88 Å². The summed E-state index contributed by atoms with van der Waals surface area (Å²) in [6.45, 7) is 0.719. The molecule has 0 saturated heterocycles. The molecule has 0 radical (unpaired) electrons. The van der Waals surface area contributed by atoms with Crippen LogP contribution in [0.5, 0.6) is 5.88 Å². The molecule has 1 rings (SSSR count). The van der Waals surface area contributed by atoms with Gasteiger partial charge in [0.15, 0.2) is 5.69 Å². The van der Waals surface area contributed by atoms with E-state index in [-0.39, 0.29) is 16.6 Å². The Bertz CT molecular complexity index is 356. The molecule has 5 nitrogen and oxygen atoms in total. The lowest BCUT2D eigenvalue weighted by Crippen LogP contribution is -2.08. The number of halogens is 1. The highest BCUT2D eigenvalue weighted by molar-refractivity contribution is 6.33. The highest BCUT2D eigenvalue weighted by atomic mass is 35.5. The first kappa shape index (κ1) is 11.7. The summed E-state index contributed by atoms with van der Waals surface area (Å²) in [4.78, 5) is 14.4. The maximum absolute atomic E-state index is 10.7. The number of methoxy groups -OCH3 is 1. The smallest absolute Gasteiger partial charge is 0.356 e. The van der Waals surface area contributed by atoms with Gasteiger partial charge in [-0.25, -0.2) is 9.78 Å². The number of hydrogen-bond acceptors (Lipinski definition) is 4. The summed E-state index contributed by atoms with van der Waals surface area (Å²) in [7, 11) is 1.54. The first-order valence-electron chi connectivity index (χ1n) is 4.16. The van der Waals surface area contributed by atoms with Crippen LogP contribution in [0, 0.1) is 0 Å². The van der Waals surface area contributed by atoms with Crippen molar-refractivity contribution in [3.05, 3.63) is 22.8 Å². The van der Waals surface area contributed by atoms with Gasteiger partial charge in [-0.1, -0.05) is 11.6 Å². The highest BCUT2D eigenvalue weighted by Gasteiger charge is 2.11. The van der Waals surface area contributed by atoms with Crippen LogP contribution in [0.2, 0.25) is 5.02 Å². The molecule has 0 saturated carbocycles. The minimum atomic E-state index is -1.18. The van der Waals surface area contributed by atoms with E-state index in [1.54, 1.807) is 7.11 Å². The Labute approximate surface area is 91.6 Å². The zero-order valence-corrected chi connectivity index (χ0v) is 8.82. The first-order valence-corrected chi connectivity index (χ1v) is 4.54. The average molecular weight is 232 g/mol. The van der Waals surface area contributed by atoms with Crippen molar-refractivity contribution in [2.75, 3.05) is 20.3 Å². The molecule has 82 valence electrons. The van der Waals surface area contributed by atoms with Crippen LogP contribution < -0.4 is 4.74 Å². The van der Waals surface area contributed by atoms with E-state index in [4.69, 9.17) is 26.2 Å². The van der Waals surface area contributed by atoms with Gasteiger partial charge in [-0.2, -0.15) is 0 Å². The van der Waals surface area contributed by atoms with Gasteiger partial charge in [0.1, 0.15) is 6.61 Å². The van der Waals surface area contributed by atoms with Gasteiger partial charge in [-0.15, -0.1) is 0 Å². The maximum Gasteiger partial charge on any atom is 0.356 e. The topological polar surface area (TPSA) is 68.7 Å². The van der Waals surface area contributed by atoms with Gasteiger partial charge in [0.2, 0.25) is 5.88 Å². The van der Waals surface area contributed by atoms with Crippen LogP contribution >= 0.6 is 11.6 Å². The van der Waals surface area contributed by atoms with Gasteiger partial charge in [0.25, 0.3) is 0 Å². The van der Waals surface area contributed by atoms with Crippen LogP contribution in [0.4, 0.5) is 0 Å². The monoisotopic (exact) mass is 231 g/mol. The standard InChI is InChI=1S/C9H10ClNO4/c1-14-4-5-15-7-3-2-6(10)8(11-7)9(12)13/h2-3H,4-5H2,1H3,(H,12,13). The van der Waals surface area contributed by atoms with Crippen LogP contribution in [0.15, 0.2) is 12.1 Å². The van der Waals surface area contributed by atoms with Gasteiger partial charge in [-0.3, -0.25) is 0 Å². The Morgan fingerprint density at radius 2 is 2.27 bits per heavy atom. The fourth-order valence-electron chi connectivity index (χ4n) is 0.884. The summed E-state index contributed by atoms with van der Waals surface area (Å²) in [5.41, 5.74) is -0.216. The molecular formula is C9H10ClNO4. The minimum Gasteiger partial charge on any atom is -0.476 e. The van der Waals surface area contributed by atoms with E-state index in [9.17, 15) is 4.79 Å². The zero-order valence-electron chi connectivity index (χ0n) is 8.07. The third kappa shape index (κ3) is 3.38. The second-order valence-electron chi connectivity index (χ2n) is 2.63. The first-order chi connectivity index (χ1) is 7.15. The number of nitrogens with zero attached hydrogens (tertiary/aromatic N) is 1. The molecule has 0 aliphatic heterocycles. The summed E-state index contributed by atoms with van der Waals surface area (Å²) in [5, 5.41) is 8.82. The van der Waals surface area contributed by atoms with Crippen molar-refractivity contribution in [1.29, 1.82) is 0 Å². The number of rotatable bonds is 5. The quantitative estimate of drug-likeness (QED) is 0.777. The van der Waals surface area contributed by atoms with Gasteiger partial charge in [-0.05, 0) is 6.07 Å². The highest BCUT2D eigenvalue weighted by Crippen LogP contribution is 2.17. The fourth-order valence-corrected chi connectivity index (χ4v) is 1.07. The Hall–Kier alpha value is -1.33. The molecule has 0 spiro atoms. The normalized spacial score (nSPS) is 10.0. The lowest BCUT2D eigenvalue weighted by atomic mass is 10.3. The van der Waals surface area contributed by atoms with E-state index in [1.165, 1.54) is 12.1 Å². The summed E-state index contributed by atoms with van der Waals surface area (Å²) in [5.74, 6) is -0.967. The van der Waals surface area contributed by atoms with E-state index in [2.05, 4.69) is 4.98 Å². The third-order valence-electron chi connectivity index (χ3n) is 1.56. The molecular weight excluding hydrogens is 222 g/mol. The van der Waals surface area contributed by atoms with Crippen molar-refractivity contribution < 1.29 is 19.4 Å². The van der Waals surface area contributed by atoms with Gasteiger partial charge < -0.3 is 14.6 Å². The predicted octanol–water partition coefficient (Wildman–Crippen LogP) is 1.46. The van der Waals surface area contributed by atoms with E-state index in [0.717, 1.165) is 0 Å². The summed E-state index contributed by atoms with van der Waals surface area (Å²) < 4.78 is 9.90. The Morgan fingerprint density at radius 3 is 2.87 bits per heavy atom. The number of carboxylic acid groups (broad SMARTS) is 1. The molecule has 1 aromatic rings. The summed E-state index contributed by atoms with van der Waals surface area (Å²) >= 11 is 5.63. The van der Waals surface area contributed by atoms with Crippen LogP contribution in [-0.2, 0) is 4.74 Å². The van der Waals surface area contributed by atoms with Crippen molar-refractivity contribution in [3.63, 3.8) is 0 Å². The Morgan fingerprint density at radius 1 is 1.53 bits per heavy atom. The van der Waals surface area contributed by atoms with Crippen molar-refractivity contribution >= 4 is 17.6 Å². The minimum absolute atomic E-state index is 0.0848. The van der Waals surface area contributed by atoms with Gasteiger partial charge in [0.05, 0.1) is 11.6 Å². The Balaban J connectivity index is 2.74. The number of pyridine rings is 1. The van der Waals surface area contributed by atoms with E-state index >= 15 is 0 Å². The SMILES string of the molecule is COCCOc1ccc(Cl)c(C(=O)O)n1. The second kappa shape index (κ2) is 5.53. The number of carboxylic acids is 1. The van der Waals surface area contributed by atoms with Crippen LogP contribution in [0.3, 0.4) is 0 Å². The van der Waals surface area contributed by atoms with Gasteiger partial charge >= 0.3 is 5.97 Å². The number of hydrogen-bond donors (Lipinski definition) is 1. The second-order valence-corrected chi connectivity index (χ2v) is 3.03. The largest absolute Gasteiger partial charge is 0.476 e. The van der Waals surface area contributed by atoms with E-state index in [1.807, 2.05) is 0 Å². The molecule has 15 heavy (non-hydrogen) atoms. The summed E-state index contributed by atoms with van der Waals surface area (Å²) in [6.07, 6.45) is 0. The third-order valence-corrected chi connectivity index (χ3v) is 1.87. The zero-order chi connectivity index (χ0) is 11.3. The lowest BCUT2D eigenvalue weighted by Gasteiger charge is -2.05. The number of carbonyl (C=O) groups is 1. The molecule has 0 fully saturated rings. The molecule has 1 heterocycles. The molecule has 1 N–H and O–H groups in total. The van der Waals surface area contributed by atoms with E-state index in [0.29, 0.717) is 13.2 Å². The molecule has 0 bridgehead atoms. The number of ether oxygens (including phenoxy) is 2. The van der Waals surface area contributed by atoms with Crippen LogP contribution in [-0.4, -0.2) is 36.4 Å². The van der Waals surface area contributed by atoms with Crippen LogP contribution in [0.1, 0.15) is 10.5 Å². The lowest BCUT2D eigenvalue weighted by molar-refractivity contribution is 0.0689. The van der Waals surface area contributed by atoms with Crippen molar-refractivity contribution in [1.82, 2.24) is 4.98 Å². The number of aromatic nitrogens is 1. The molecule has 1 aromatic heterocycles. The Kier molecular flexibility index (Phi) is 4.33. The number of aromatic carboxylic acids is 1. The molecule has 0 amide bonds. The molecule has 0 unspecified atom stereocenters. The van der Waals surface area contributed by atoms with Crippen LogP contribution in [0.25, 0.3) is 0 Å². The molecule has 0 aliphatic rings. The van der Waals surface area contributed by atoms with Gasteiger partial charge in [0, 0.05) is 13.2 Å². The molecule has 6 heteroatoms. The summed E-state index contributed by atoms with van der Waals surface area (Å²) in [6, 6.07) is 2.94. The van der Waals surface area contributed by atoms with Crippen molar-refractivity contribution in [2.45, 2.75) is 0 Å². The molecule has 0 aliphatic carbocycles. The molecule has 0 atom stereocenters. The van der Waals surface area contributed by atoms with E-state index < -0.39 is 5.97 Å².